The molecule has 0 aliphatic carbocycles. The lowest BCUT2D eigenvalue weighted by atomic mass is 10.2. The molecule has 5 heteroatoms. The number of hydrogen-bond acceptors (Lipinski definition) is 4. The molecule has 24 heavy (non-hydrogen) atoms. The van der Waals surface area contributed by atoms with E-state index in [1.165, 1.54) is 4.57 Å². The standard InChI is InChI=1S/C19H18N2O3/c1-3-18(22)24-12-17-20-15-10-6-5-9-14(15)19(23)21(17)16-11-7-4-8-13(16)2/h4-11H,3,12H2,1-2H3. The fourth-order valence-electron chi connectivity index (χ4n) is 2.59. The number of para-hydroxylation sites is 2. The van der Waals surface area contributed by atoms with Crippen molar-refractivity contribution in [2.45, 2.75) is 26.9 Å². The van der Waals surface area contributed by atoms with Gasteiger partial charge in [0.2, 0.25) is 0 Å². The summed E-state index contributed by atoms with van der Waals surface area (Å²) in [6.45, 7) is 3.62. The lowest BCUT2D eigenvalue weighted by molar-refractivity contribution is -0.144. The lowest BCUT2D eigenvalue weighted by Gasteiger charge is -2.15. The molecular weight excluding hydrogens is 304 g/mol. The Labute approximate surface area is 139 Å². The highest BCUT2D eigenvalue weighted by Crippen LogP contribution is 2.17. The summed E-state index contributed by atoms with van der Waals surface area (Å²) >= 11 is 0. The van der Waals surface area contributed by atoms with Crippen molar-refractivity contribution in [3.63, 3.8) is 0 Å². The van der Waals surface area contributed by atoms with Gasteiger partial charge in [-0.25, -0.2) is 4.98 Å². The quantitative estimate of drug-likeness (QED) is 0.692. The van der Waals surface area contributed by atoms with E-state index in [4.69, 9.17) is 4.74 Å². The van der Waals surface area contributed by atoms with E-state index >= 15 is 0 Å². The number of aromatic nitrogens is 2. The fraction of sp³-hybridized carbons (Fsp3) is 0.211. The molecule has 0 bridgehead atoms. The van der Waals surface area contributed by atoms with E-state index in [0.717, 1.165) is 11.3 Å². The van der Waals surface area contributed by atoms with E-state index in [9.17, 15) is 9.59 Å². The summed E-state index contributed by atoms with van der Waals surface area (Å²) in [4.78, 5) is 29.1. The minimum absolute atomic E-state index is 0.0406. The smallest absolute Gasteiger partial charge is 0.305 e. The van der Waals surface area contributed by atoms with Gasteiger partial charge >= 0.3 is 5.97 Å². The molecule has 5 nitrogen and oxygen atoms in total. The number of fused-ring (bicyclic) bond motifs is 1. The average molecular weight is 322 g/mol. The average Bonchev–Trinajstić information content (AvgIpc) is 2.61. The first-order valence-electron chi connectivity index (χ1n) is 7.84. The monoisotopic (exact) mass is 322 g/mol. The maximum atomic E-state index is 13.0. The Balaban J connectivity index is 2.24. The largest absolute Gasteiger partial charge is 0.457 e. The van der Waals surface area contributed by atoms with Gasteiger partial charge in [0.25, 0.3) is 5.56 Å². The van der Waals surface area contributed by atoms with Gasteiger partial charge in [0.15, 0.2) is 5.82 Å². The summed E-state index contributed by atoms with van der Waals surface area (Å²) in [5.41, 5.74) is 2.11. The lowest BCUT2D eigenvalue weighted by Crippen LogP contribution is -2.25. The van der Waals surface area contributed by atoms with Crippen molar-refractivity contribution < 1.29 is 9.53 Å². The molecule has 0 spiro atoms. The van der Waals surface area contributed by atoms with Gasteiger partial charge < -0.3 is 4.74 Å². The number of carbonyl (C=O) groups excluding carboxylic acids is 1. The van der Waals surface area contributed by atoms with Crippen molar-refractivity contribution in [2.24, 2.45) is 0 Å². The van der Waals surface area contributed by atoms with Crippen molar-refractivity contribution in [1.82, 2.24) is 9.55 Å². The summed E-state index contributed by atoms with van der Waals surface area (Å²) in [6, 6.07) is 14.7. The highest BCUT2D eigenvalue weighted by Gasteiger charge is 2.15. The maximum absolute atomic E-state index is 13.0. The second kappa shape index (κ2) is 6.66. The number of carbonyl (C=O) groups is 1. The van der Waals surface area contributed by atoms with Crippen LogP contribution in [0, 0.1) is 6.92 Å². The Hall–Kier alpha value is -2.95. The molecule has 3 rings (SSSR count). The van der Waals surface area contributed by atoms with Crippen LogP contribution >= 0.6 is 0 Å². The van der Waals surface area contributed by atoms with Crippen LogP contribution in [-0.4, -0.2) is 15.5 Å². The molecule has 2 aromatic carbocycles. The Kier molecular flexibility index (Phi) is 4.42. The zero-order valence-corrected chi connectivity index (χ0v) is 13.7. The van der Waals surface area contributed by atoms with Crippen molar-refractivity contribution in [2.75, 3.05) is 0 Å². The molecule has 1 heterocycles. The van der Waals surface area contributed by atoms with Gasteiger partial charge in [0.1, 0.15) is 6.61 Å². The molecule has 122 valence electrons. The van der Waals surface area contributed by atoms with Crippen LogP contribution in [0.4, 0.5) is 0 Å². The molecular formula is C19H18N2O3. The zero-order valence-electron chi connectivity index (χ0n) is 13.7. The first-order chi connectivity index (χ1) is 11.6. The van der Waals surface area contributed by atoms with E-state index in [1.807, 2.05) is 43.3 Å². The maximum Gasteiger partial charge on any atom is 0.305 e. The zero-order chi connectivity index (χ0) is 17.1. The van der Waals surface area contributed by atoms with E-state index in [-0.39, 0.29) is 24.6 Å². The van der Waals surface area contributed by atoms with Gasteiger partial charge in [0, 0.05) is 6.42 Å². The molecule has 0 aliphatic rings. The van der Waals surface area contributed by atoms with Gasteiger partial charge in [-0.15, -0.1) is 0 Å². The van der Waals surface area contributed by atoms with Gasteiger partial charge in [-0.2, -0.15) is 0 Å². The first kappa shape index (κ1) is 15.9. The SMILES string of the molecule is CCC(=O)OCc1nc2ccccc2c(=O)n1-c1ccccc1C. The van der Waals surface area contributed by atoms with Crippen molar-refractivity contribution >= 4 is 16.9 Å². The van der Waals surface area contributed by atoms with Crippen LogP contribution in [0.2, 0.25) is 0 Å². The molecule has 0 fully saturated rings. The van der Waals surface area contributed by atoms with Crippen LogP contribution in [0.5, 0.6) is 0 Å². The van der Waals surface area contributed by atoms with Crippen LogP contribution in [-0.2, 0) is 16.1 Å². The van der Waals surface area contributed by atoms with E-state index in [0.29, 0.717) is 16.7 Å². The molecule has 0 radical (unpaired) electrons. The first-order valence-corrected chi connectivity index (χ1v) is 7.84. The topological polar surface area (TPSA) is 61.2 Å². The van der Waals surface area contributed by atoms with Crippen molar-refractivity contribution in [3.05, 3.63) is 70.3 Å². The van der Waals surface area contributed by atoms with Crippen LogP contribution in [0.1, 0.15) is 24.7 Å². The number of rotatable bonds is 4. The summed E-state index contributed by atoms with van der Waals surface area (Å²) < 4.78 is 6.75. The van der Waals surface area contributed by atoms with E-state index in [2.05, 4.69) is 4.98 Å². The Bertz CT molecular complexity index is 960. The Morgan fingerprint density at radius 2 is 1.83 bits per heavy atom. The molecule has 0 unspecified atom stereocenters. The summed E-state index contributed by atoms with van der Waals surface area (Å²) in [6.07, 6.45) is 0.280. The van der Waals surface area contributed by atoms with Crippen molar-refractivity contribution in [3.8, 4) is 5.69 Å². The van der Waals surface area contributed by atoms with E-state index in [1.54, 1.807) is 19.1 Å². The molecule has 0 amide bonds. The normalized spacial score (nSPS) is 10.8. The van der Waals surface area contributed by atoms with Crippen LogP contribution in [0.25, 0.3) is 16.6 Å². The molecule has 1 aromatic heterocycles. The number of esters is 1. The predicted molar refractivity (Wildman–Crippen MR) is 92.2 cm³/mol. The highest BCUT2D eigenvalue weighted by atomic mass is 16.5. The molecule has 0 saturated heterocycles. The third-order valence-electron chi connectivity index (χ3n) is 3.85. The third kappa shape index (κ3) is 2.93. The number of aryl methyl sites for hydroxylation is 1. The van der Waals surface area contributed by atoms with Crippen LogP contribution in [0.3, 0.4) is 0 Å². The number of ether oxygens (including phenoxy) is 1. The Morgan fingerprint density at radius 3 is 2.58 bits per heavy atom. The minimum atomic E-state index is -0.325. The second-order valence-electron chi connectivity index (χ2n) is 5.49. The summed E-state index contributed by atoms with van der Waals surface area (Å²) in [5, 5.41) is 0.534. The van der Waals surface area contributed by atoms with Crippen molar-refractivity contribution in [1.29, 1.82) is 0 Å². The number of nitrogens with zero attached hydrogens (tertiary/aromatic N) is 2. The third-order valence-corrected chi connectivity index (χ3v) is 3.85. The second-order valence-corrected chi connectivity index (χ2v) is 5.49. The summed E-state index contributed by atoms with van der Waals surface area (Å²) in [5.74, 6) is 0.0866. The highest BCUT2D eigenvalue weighted by molar-refractivity contribution is 5.78. The van der Waals surface area contributed by atoms with Crippen LogP contribution < -0.4 is 5.56 Å². The molecule has 0 saturated carbocycles. The number of hydrogen-bond donors (Lipinski definition) is 0. The molecule has 3 aromatic rings. The number of benzene rings is 2. The summed E-state index contributed by atoms with van der Waals surface area (Å²) in [7, 11) is 0. The van der Waals surface area contributed by atoms with E-state index < -0.39 is 0 Å². The Morgan fingerprint density at radius 1 is 1.12 bits per heavy atom. The van der Waals surface area contributed by atoms with Gasteiger partial charge in [-0.3, -0.25) is 14.2 Å². The fourth-order valence-corrected chi connectivity index (χ4v) is 2.59. The van der Waals surface area contributed by atoms with Gasteiger partial charge in [-0.05, 0) is 30.7 Å². The van der Waals surface area contributed by atoms with Crippen LogP contribution in [0.15, 0.2) is 53.3 Å². The molecule has 0 atom stereocenters. The molecule has 0 aliphatic heterocycles. The van der Waals surface area contributed by atoms with Gasteiger partial charge in [-0.1, -0.05) is 37.3 Å². The minimum Gasteiger partial charge on any atom is -0.457 e. The molecule has 0 N–H and O–H groups in total. The predicted octanol–water partition coefficient (Wildman–Crippen LogP) is 3.15. The van der Waals surface area contributed by atoms with Gasteiger partial charge in [0.05, 0.1) is 16.6 Å².